The van der Waals surface area contributed by atoms with E-state index in [1.165, 1.54) is 6.07 Å². The summed E-state index contributed by atoms with van der Waals surface area (Å²) in [5.74, 6) is 0.0338. The van der Waals surface area contributed by atoms with Gasteiger partial charge in [-0.2, -0.15) is 13.2 Å². The maximum absolute atomic E-state index is 12.3. The first kappa shape index (κ1) is 10.6. The molecule has 2 aliphatic rings. The molecule has 2 aliphatic heterocycles. The van der Waals surface area contributed by atoms with Gasteiger partial charge in [-0.15, -0.1) is 0 Å². The molecule has 3 rings (SSSR count). The van der Waals surface area contributed by atoms with Gasteiger partial charge in [0.25, 0.3) is 0 Å². The van der Waals surface area contributed by atoms with E-state index in [-0.39, 0.29) is 17.9 Å². The number of carbonyl (C=O) groups is 1. The lowest BCUT2D eigenvalue weighted by atomic mass is 9.98. The first-order valence-corrected chi connectivity index (χ1v) is 5.29. The van der Waals surface area contributed by atoms with Crippen LogP contribution in [0.25, 0.3) is 0 Å². The highest BCUT2D eigenvalue weighted by Crippen LogP contribution is 2.42. The predicted molar refractivity (Wildman–Crippen MR) is 52.1 cm³/mol. The van der Waals surface area contributed by atoms with Crippen molar-refractivity contribution in [2.45, 2.75) is 24.6 Å². The molecule has 1 amide bonds. The molecule has 2 unspecified atom stereocenters. The number of fused-ring (bicyclic) bond motifs is 1. The van der Waals surface area contributed by atoms with E-state index in [9.17, 15) is 18.0 Å². The molecule has 0 aliphatic carbocycles. The summed E-state index contributed by atoms with van der Waals surface area (Å²) < 4.78 is 37.0. The van der Waals surface area contributed by atoms with Crippen LogP contribution < -0.4 is 0 Å². The molecule has 0 spiro atoms. The number of carbonyl (C=O) groups excluding carboxylic acids is 1. The summed E-state index contributed by atoms with van der Waals surface area (Å²) in [6, 6.07) is 2.56. The molecule has 17 heavy (non-hydrogen) atoms. The number of pyridine rings is 1. The largest absolute Gasteiger partial charge is 0.417 e. The van der Waals surface area contributed by atoms with Crippen LogP contribution in [0.1, 0.15) is 23.6 Å². The summed E-state index contributed by atoms with van der Waals surface area (Å²) in [6.45, 7) is 0.714. The summed E-state index contributed by atoms with van der Waals surface area (Å²) in [7, 11) is 0. The second-order valence-corrected chi connectivity index (χ2v) is 4.39. The zero-order valence-electron chi connectivity index (χ0n) is 8.74. The van der Waals surface area contributed by atoms with E-state index >= 15 is 0 Å². The molecular weight excluding hydrogens is 233 g/mol. The number of halogens is 3. The van der Waals surface area contributed by atoms with Crippen LogP contribution in [0, 0.1) is 0 Å². The summed E-state index contributed by atoms with van der Waals surface area (Å²) in [5.41, 5.74) is -0.172. The highest BCUT2D eigenvalue weighted by Gasteiger charge is 2.52. The Morgan fingerprint density at radius 2 is 2.12 bits per heavy atom. The van der Waals surface area contributed by atoms with Crippen molar-refractivity contribution in [2.75, 3.05) is 6.54 Å². The van der Waals surface area contributed by atoms with Gasteiger partial charge in [0.2, 0.25) is 5.91 Å². The van der Waals surface area contributed by atoms with E-state index in [4.69, 9.17) is 0 Å². The molecular formula is C11H9F3N2O. The smallest absolute Gasteiger partial charge is 0.335 e. The summed E-state index contributed by atoms with van der Waals surface area (Å²) in [4.78, 5) is 16.9. The lowest BCUT2D eigenvalue weighted by molar-refractivity contribution is -0.137. The number of amides is 1. The van der Waals surface area contributed by atoms with E-state index in [2.05, 4.69) is 4.98 Å². The fraction of sp³-hybridized carbons (Fsp3) is 0.455. The maximum atomic E-state index is 12.3. The average molecular weight is 242 g/mol. The number of hydrogen-bond acceptors (Lipinski definition) is 2. The Bertz CT molecular complexity index is 469. The lowest BCUT2D eigenvalue weighted by Gasteiger charge is -2.10. The van der Waals surface area contributed by atoms with Crippen LogP contribution in [0.4, 0.5) is 13.2 Å². The Morgan fingerprint density at radius 1 is 1.35 bits per heavy atom. The molecule has 1 aromatic rings. The third-order valence-corrected chi connectivity index (χ3v) is 3.32. The summed E-state index contributed by atoms with van der Waals surface area (Å²) >= 11 is 0. The van der Waals surface area contributed by atoms with Crippen LogP contribution in [-0.4, -0.2) is 28.4 Å². The summed E-state index contributed by atoms with van der Waals surface area (Å²) in [5, 5.41) is 0. The molecule has 0 N–H and O–H groups in total. The second kappa shape index (κ2) is 3.21. The minimum absolute atomic E-state index is 0.0372. The second-order valence-electron chi connectivity index (χ2n) is 4.39. The molecule has 3 nitrogen and oxygen atoms in total. The molecule has 2 atom stereocenters. The van der Waals surface area contributed by atoms with Gasteiger partial charge < -0.3 is 4.90 Å². The quantitative estimate of drug-likeness (QED) is 0.703. The van der Waals surface area contributed by atoms with Gasteiger partial charge >= 0.3 is 6.18 Å². The first-order chi connectivity index (χ1) is 7.97. The molecule has 0 radical (unpaired) electrons. The van der Waals surface area contributed by atoms with Gasteiger partial charge in [0.05, 0.1) is 11.6 Å². The minimum atomic E-state index is -4.36. The van der Waals surface area contributed by atoms with Crippen molar-refractivity contribution >= 4 is 5.91 Å². The number of rotatable bonds is 1. The Labute approximate surface area is 95.2 Å². The molecule has 90 valence electrons. The van der Waals surface area contributed by atoms with Crippen LogP contribution in [0.2, 0.25) is 0 Å². The minimum Gasteiger partial charge on any atom is -0.335 e. The van der Waals surface area contributed by atoms with Gasteiger partial charge in [0.1, 0.15) is 0 Å². The Hall–Kier alpha value is -1.59. The molecule has 2 fully saturated rings. The Balaban J connectivity index is 1.84. The van der Waals surface area contributed by atoms with Gasteiger partial charge in [-0.3, -0.25) is 9.78 Å². The maximum Gasteiger partial charge on any atom is 0.417 e. The highest BCUT2D eigenvalue weighted by atomic mass is 19.4. The van der Waals surface area contributed by atoms with Crippen LogP contribution in [0.3, 0.4) is 0 Å². The van der Waals surface area contributed by atoms with Crippen molar-refractivity contribution in [3.05, 3.63) is 29.6 Å². The first-order valence-electron chi connectivity index (χ1n) is 5.29. The normalized spacial score (nSPS) is 27.2. The van der Waals surface area contributed by atoms with Crippen molar-refractivity contribution in [3.8, 4) is 0 Å². The Morgan fingerprint density at radius 3 is 2.53 bits per heavy atom. The summed E-state index contributed by atoms with van der Waals surface area (Å²) in [6.07, 6.45) is -3.16. The van der Waals surface area contributed by atoms with Gasteiger partial charge in [-0.1, -0.05) is 0 Å². The average Bonchev–Trinajstić information content (AvgIpc) is 2.99. The molecule has 0 aromatic carbocycles. The number of piperidine rings is 1. The van der Waals surface area contributed by atoms with Gasteiger partial charge in [-0.05, 0) is 12.1 Å². The van der Waals surface area contributed by atoms with E-state index < -0.39 is 11.7 Å². The Kier molecular flexibility index (Phi) is 1.99. The SMILES string of the molecule is O=C1CC(c2ccc(C(F)(F)F)cn2)C2CN12. The number of alkyl halides is 3. The van der Waals surface area contributed by atoms with Gasteiger partial charge in [-0.25, -0.2) is 0 Å². The van der Waals surface area contributed by atoms with Crippen molar-refractivity contribution in [1.82, 2.24) is 9.88 Å². The van der Waals surface area contributed by atoms with Crippen LogP contribution in [0.5, 0.6) is 0 Å². The van der Waals surface area contributed by atoms with Gasteiger partial charge in [0, 0.05) is 30.8 Å². The molecule has 2 saturated heterocycles. The topological polar surface area (TPSA) is 33.0 Å². The standard InChI is InChI=1S/C11H9F3N2O/c12-11(13,14)6-1-2-8(15-4-6)7-3-10(17)16-5-9(7)16/h1-2,4,7,9H,3,5H2. The molecule has 1 aromatic heterocycles. The van der Waals surface area contributed by atoms with E-state index in [0.717, 1.165) is 12.3 Å². The predicted octanol–water partition coefficient (Wildman–Crippen LogP) is 1.80. The molecule has 0 saturated carbocycles. The van der Waals surface area contributed by atoms with Crippen molar-refractivity contribution < 1.29 is 18.0 Å². The number of aromatic nitrogens is 1. The zero-order chi connectivity index (χ0) is 12.2. The van der Waals surface area contributed by atoms with E-state index in [1.54, 1.807) is 4.90 Å². The van der Waals surface area contributed by atoms with Crippen LogP contribution >= 0.6 is 0 Å². The van der Waals surface area contributed by atoms with E-state index in [0.29, 0.717) is 18.7 Å². The molecule has 3 heterocycles. The van der Waals surface area contributed by atoms with Crippen LogP contribution in [-0.2, 0) is 11.0 Å². The number of hydrogen-bond donors (Lipinski definition) is 0. The number of nitrogens with zero attached hydrogens (tertiary/aromatic N) is 2. The lowest BCUT2D eigenvalue weighted by Crippen LogP contribution is -2.10. The third-order valence-electron chi connectivity index (χ3n) is 3.32. The molecule has 0 bridgehead atoms. The van der Waals surface area contributed by atoms with Crippen LogP contribution in [0.15, 0.2) is 18.3 Å². The zero-order valence-corrected chi connectivity index (χ0v) is 8.74. The van der Waals surface area contributed by atoms with E-state index in [1.807, 2.05) is 0 Å². The van der Waals surface area contributed by atoms with Crippen molar-refractivity contribution in [1.29, 1.82) is 0 Å². The third kappa shape index (κ3) is 1.67. The van der Waals surface area contributed by atoms with Gasteiger partial charge in [0.15, 0.2) is 0 Å². The fourth-order valence-corrected chi connectivity index (χ4v) is 2.32. The highest BCUT2D eigenvalue weighted by molar-refractivity contribution is 5.83. The molecule has 6 heteroatoms. The van der Waals surface area contributed by atoms with Crippen molar-refractivity contribution in [3.63, 3.8) is 0 Å². The fourth-order valence-electron chi connectivity index (χ4n) is 2.32. The monoisotopic (exact) mass is 242 g/mol. The van der Waals surface area contributed by atoms with Crippen molar-refractivity contribution in [2.24, 2.45) is 0 Å².